The van der Waals surface area contributed by atoms with Crippen molar-refractivity contribution in [2.24, 2.45) is 11.7 Å². The highest BCUT2D eigenvalue weighted by atomic mass is 16.1. The molecule has 0 fully saturated rings. The first kappa shape index (κ1) is 16.2. The number of hydrogen-bond donors (Lipinski definition) is 2. The molecule has 1 aromatic carbocycles. The zero-order valence-electron chi connectivity index (χ0n) is 13.2. The molecule has 0 aliphatic rings. The van der Waals surface area contributed by atoms with Crippen molar-refractivity contribution >= 4 is 5.91 Å². The highest BCUT2D eigenvalue weighted by molar-refractivity contribution is 5.79. The van der Waals surface area contributed by atoms with Crippen molar-refractivity contribution in [1.82, 2.24) is 20.1 Å². The maximum Gasteiger partial charge on any atom is 0.225 e. The molecule has 1 heterocycles. The van der Waals surface area contributed by atoms with Crippen molar-refractivity contribution in [3.63, 3.8) is 0 Å². The second-order valence-corrected chi connectivity index (χ2v) is 5.69. The molecule has 0 aliphatic heterocycles. The van der Waals surface area contributed by atoms with E-state index in [-0.39, 0.29) is 23.9 Å². The van der Waals surface area contributed by atoms with Gasteiger partial charge in [-0.15, -0.1) is 10.2 Å². The number of nitrogens with one attached hydrogen (secondary N) is 1. The molecule has 2 rings (SSSR count). The van der Waals surface area contributed by atoms with E-state index in [1.807, 2.05) is 55.7 Å². The molecule has 6 heteroatoms. The van der Waals surface area contributed by atoms with E-state index in [1.165, 1.54) is 0 Å². The number of amides is 1. The van der Waals surface area contributed by atoms with Gasteiger partial charge in [0, 0.05) is 12.1 Å². The van der Waals surface area contributed by atoms with Crippen LogP contribution in [0.1, 0.15) is 44.2 Å². The van der Waals surface area contributed by atoms with Crippen LogP contribution < -0.4 is 11.1 Å². The minimum atomic E-state index is -0.329. The van der Waals surface area contributed by atoms with Crippen LogP contribution >= 0.6 is 0 Å². The molecule has 22 heavy (non-hydrogen) atoms. The Morgan fingerprint density at radius 2 is 1.95 bits per heavy atom. The summed E-state index contributed by atoms with van der Waals surface area (Å²) in [5, 5.41) is 10.8. The standard InChI is InChI=1S/C16H23N5O/c1-11(2)21-10-19-20-14(21)9-18-16(22)12(3)15(17)13-7-5-4-6-8-13/h4-8,10-12,15H,9,17H2,1-3H3,(H,18,22). The Bertz CT molecular complexity index is 608. The fraction of sp³-hybridized carbons (Fsp3) is 0.438. The van der Waals surface area contributed by atoms with E-state index in [2.05, 4.69) is 15.5 Å². The molecule has 3 N–H and O–H groups in total. The predicted octanol–water partition coefficient (Wildman–Crippen LogP) is 1.81. The Hall–Kier alpha value is -2.21. The van der Waals surface area contributed by atoms with E-state index >= 15 is 0 Å². The topological polar surface area (TPSA) is 85.8 Å². The summed E-state index contributed by atoms with van der Waals surface area (Å²) >= 11 is 0. The molecule has 0 saturated carbocycles. The first-order valence-electron chi connectivity index (χ1n) is 7.47. The van der Waals surface area contributed by atoms with Gasteiger partial charge in [0.1, 0.15) is 6.33 Å². The molecular weight excluding hydrogens is 278 g/mol. The van der Waals surface area contributed by atoms with Gasteiger partial charge in [0.25, 0.3) is 0 Å². The first-order chi connectivity index (χ1) is 10.5. The van der Waals surface area contributed by atoms with Crippen LogP contribution in [0.2, 0.25) is 0 Å². The SMILES string of the molecule is CC(C(=O)NCc1nncn1C(C)C)C(N)c1ccccc1. The number of benzene rings is 1. The third-order valence-electron chi connectivity index (χ3n) is 3.76. The Kier molecular flexibility index (Phi) is 5.27. The van der Waals surface area contributed by atoms with Crippen molar-refractivity contribution in [2.75, 3.05) is 0 Å². The zero-order valence-corrected chi connectivity index (χ0v) is 13.2. The van der Waals surface area contributed by atoms with E-state index < -0.39 is 0 Å². The van der Waals surface area contributed by atoms with E-state index in [0.717, 1.165) is 11.4 Å². The van der Waals surface area contributed by atoms with Gasteiger partial charge in [-0.2, -0.15) is 0 Å². The molecule has 2 unspecified atom stereocenters. The van der Waals surface area contributed by atoms with E-state index in [9.17, 15) is 4.79 Å². The number of carbonyl (C=O) groups is 1. The van der Waals surface area contributed by atoms with Gasteiger partial charge in [0.2, 0.25) is 5.91 Å². The average molecular weight is 301 g/mol. The van der Waals surface area contributed by atoms with E-state index in [0.29, 0.717) is 6.54 Å². The molecule has 6 nitrogen and oxygen atoms in total. The van der Waals surface area contributed by atoms with Gasteiger partial charge in [-0.1, -0.05) is 37.3 Å². The summed E-state index contributed by atoms with van der Waals surface area (Å²) in [5.74, 6) is 0.330. The van der Waals surface area contributed by atoms with E-state index in [1.54, 1.807) is 6.33 Å². The molecular formula is C16H23N5O. The maximum absolute atomic E-state index is 12.3. The van der Waals surface area contributed by atoms with Gasteiger partial charge in [-0.25, -0.2) is 0 Å². The quantitative estimate of drug-likeness (QED) is 0.852. The van der Waals surface area contributed by atoms with Crippen molar-refractivity contribution in [3.05, 3.63) is 48.0 Å². The smallest absolute Gasteiger partial charge is 0.225 e. The fourth-order valence-corrected chi connectivity index (χ4v) is 2.28. The van der Waals surface area contributed by atoms with Crippen LogP contribution in [-0.2, 0) is 11.3 Å². The van der Waals surface area contributed by atoms with E-state index in [4.69, 9.17) is 5.73 Å². The summed E-state index contributed by atoms with van der Waals surface area (Å²) in [7, 11) is 0. The van der Waals surface area contributed by atoms with Crippen LogP contribution in [0, 0.1) is 5.92 Å². The van der Waals surface area contributed by atoms with Gasteiger partial charge in [0.15, 0.2) is 5.82 Å². The molecule has 118 valence electrons. The molecule has 0 bridgehead atoms. The number of aromatic nitrogens is 3. The number of hydrogen-bond acceptors (Lipinski definition) is 4. The van der Waals surface area contributed by atoms with Gasteiger partial charge < -0.3 is 15.6 Å². The summed E-state index contributed by atoms with van der Waals surface area (Å²) in [5.41, 5.74) is 7.13. The third kappa shape index (κ3) is 3.71. The second kappa shape index (κ2) is 7.17. The van der Waals surface area contributed by atoms with Crippen molar-refractivity contribution in [3.8, 4) is 0 Å². The minimum absolute atomic E-state index is 0.0883. The molecule has 0 saturated heterocycles. The highest BCUT2D eigenvalue weighted by Gasteiger charge is 2.22. The maximum atomic E-state index is 12.3. The van der Waals surface area contributed by atoms with Crippen molar-refractivity contribution in [1.29, 1.82) is 0 Å². The van der Waals surface area contributed by atoms with Crippen molar-refractivity contribution in [2.45, 2.75) is 39.4 Å². The fourth-order valence-electron chi connectivity index (χ4n) is 2.28. The van der Waals surface area contributed by atoms with Crippen LogP contribution in [0.15, 0.2) is 36.7 Å². The zero-order chi connectivity index (χ0) is 16.1. The highest BCUT2D eigenvalue weighted by Crippen LogP contribution is 2.19. The summed E-state index contributed by atoms with van der Waals surface area (Å²) in [6.45, 7) is 6.27. The molecule has 1 amide bonds. The summed E-state index contributed by atoms with van der Waals surface area (Å²) in [4.78, 5) is 12.3. The second-order valence-electron chi connectivity index (χ2n) is 5.69. The lowest BCUT2D eigenvalue weighted by molar-refractivity contribution is -0.125. The van der Waals surface area contributed by atoms with Crippen molar-refractivity contribution < 1.29 is 4.79 Å². The molecule has 0 spiro atoms. The summed E-state index contributed by atoms with van der Waals surface area (Å²) < 4.78 is 1.93. The largest absolute Gasteiger partial charge is 0.349 e. The number of rotatable bonds is 6. The van der Waals surface area contributed by atoms with Gasteiger partial charge >= 0.3 is 0 Å². The summed E-state index contributed by atoms with van der Waals surface area (Å²) in [6, 6.07) is 9.57. The van der Waals surface area contributed by atoms with Crippen LogP contribution in [-0.4, -0.2) is 20.7 Å². The minimum Gasteiger partial charge on any atom is -0.349 e. The lowest BCUT2D eigenvalue weighted by Crippen LogP contribution is -2.35. The molecule has 0 aliphatic carbocycles. The number of nitrogens with zero attached hydrogens (tertiary/aromatic N) is 3. The third-order valence-corrected chi connectivity index (χ3v) is 3.76. The monoisotopic (exact) mass is 301 g/mol. The first-order valence-corrected chi connectivity index (χ1v) is 7.47. The lowest BCUT2D eigenvalue weighted by atomic mass is 9.95. The molecule has 0 radical (unpaired) electrons. The Balaban J connectivity index is 1.96. The summed E-state index contributed by atoms with van der Waals surface area (Å²) in [6.07, 6.45) is 1.67. The van der Waals surface area contributed by atoms with Crippen LogP contribution in [0.25, 0.3) is 0 Å². The van der Waals surface area contributed by atoms with Crippen LogP contribution in [0.4, 0.5) is 0 Å². The van der Waals surface area contributed by atoms with Crippen LogP contribution in [0.3, 0.4) is 0 Å². The Morgan fingerprint density at radius 1 is 1.27 bits per heavy atom. The number of nitrogens with two attached hydrogens (primary N) is 1. The Labute approximate surface area is 130 Å². The predicted molar refractivity (Wildman–Crippen MR) is 84.8 cm³/mol. The van der Waals surface area contributed by atoms with Gasteiger partial charge in [0.05, 0.1) is 12.5 Å². The molecule has 2 atom stereocenters. The van der Waals surface area contributed by atoms with Gasteiger partial charge in [-0.3, -0.25) is 4.79 Å². The lowest BCUT2D eigenvalue weighted by Gasteiger charge is -2.20. The van der Waals surface area contributed by atoms with Gasteiger partial charge in [-0.05, 0) is 19.4 Å². The molecule has 1 aromatic heterocycles. The normalized spacial score (nSPS) is 13.9. The number of carbonyl (C=O) groups excluding carboxylic acids is 1. The average Bonchev–Trinajstić information content (AvgIpc) is 3.00. The van der Waals surface area contributed by atoms with Crippen LogP contribution in [0.5, 0.6) is 0 Å². The Morgan fingerprint density at radius 3 is 2.59 bits per heavy atom. The molecule has 2 aromatic rings.